The van der Waals surface area contributed by atoms with Crippen LogP contribution in [0.1, 0.15) is 50.9 Å². The highest BCUT2D eigenvalue weighted by Crippen LogP contribution is 2.46. The topological polar surface area (TPSA) is 71.3 Å². The van der Waals surface area contributed by atoms with E-state index in [1.807, 2.05) is 23.8 Å². The van der Waals surface area contributed by atoms with Crippen LogP contribution in [0.4, 0.5) is 13.2 Å². The molecule has 1 fully saturated rings. The number of carboxylic acids is 1. The summed E-state index contributed by atoms with van der Waals surface area (Å²) in [6.07, 6.45) is 3.07. The SMILES string of the molecule is Cc1sc2ccn(CC3C=CC(C(F)(F)F)=CC3C)c2c1C(=O)NC1(c2ccc(C(=O)O)cc2)CC1. The molecule has 0 saturated heterocycles. The van der Waals surface area contributed by atoms with Crippen LogP contribution in [0.25, 0.3) is 10.2 Å². The Labute approximate surface area is 209 Å². The average Bonchev–Trinajstić information content (AvgIpc) is 3.38. The maximum absolute atomic E-state index is 13.5. The number of nitrogens with zero attached hydrogens (tertiary/aromatic N) is 1. The van der Waals surface area contributed by atoms with Gasteiger partial charge in [-0.2, -0.15) is 13.2 Å². The van der Waals surface area contributed by atoms with Crippen LogP contribution in [0.2, 0.25) is 0 Å². The van der Waals surface area contributed by atoms with Gasteiger partial charge in [0, 0.05) is 23.5 Å². The first-order valence-electron chi connectivity index (χ1n) is 11.7. The quantitative estimate of drug-likeness (QED) is 0.398. The number of carbonyl (C=O) groups excluding carboxylic acids is 1. The van der Waals surface area contributed by atoms with Gasteiger partial charge in [-0.05, 0) is 49.4 Å². The highest BCUT2D eigenvalue weighted by Gasteiger charge is 2.46. The minimum atomic E-state index is -4.36. The maximum atomic E-state index is 13.5. The van der Waals surface area contributed by atoms with Crippen LogP contribution in [-0.2, 0) is 12.1 Å². The van der Waals surface area contributed by atoms with Gasteiger partial charge in [-0.25, -0.2) is 4.79 Å². The molecule has 5 rings (SSSR count). The highest BCUT2D eigenvalue weighted by atomic mass is 32.1. The number of fused-ring (bicyclic) bond motifs is 1. The second-order valence-corrected chi connectivity index (χ2v) is 10.9. The lowest BCUT2D eigenvalue weighted by atomic mass is 9.86. The van der Waals surface area contributed by atoms with E-state index >= 15 is 0 Å². The zero-order chi connectivity index (χ0) is 25.8. The molecule has 2 aliphatic rings. The standard InChI is InChI=1S/C27H25F3N2O3S/c1-15-13-20(27(28,29)30)8-5-18(15)14-32-12-9-21-23(32)22(16(2)36-21)24(33)31-26(10-11-26)19-6-3-17(4-7-19)25(34)35/h3-9,12-13,15,18H,10-11,14H2,1-2H3,(H,31,33)(H,34,35). The highest BCUT2D eigenvalue weighted by molar-refractivity contribution is 7.19. The Hall–Kier alpha value is -3.33. The van der Waals surface area contributed by atoms with Crippen LogP contribution >= 0.6 is 11.3 Å². The predicted molar refractivity (Wildman–Crippen MR) is 132 cm³/mol. The van der Waals surface area contributed by atoms with Crippen molar-refractivity contribution in [2.24, 2.45) is 11.8 Å². The van der Waals surface area contributed by atoms with Crippen LogP contribution in [-0.4, -0.2) is 27.7 Å². The minimum absolute atomic E-state index is 0.134. The molecule has 2 atom stereocenters. The molecule has 0 bridgehead atoms. The van der Waals surface area contributed by atoms with E-state index in [1.165, 1.54) is 17.4 Å². The third-order valence-corrected chi connectivity index (χ3v) is 8.23. The Morgan fingerprint density at radius 2 is 1.89 bits per heavy atom. The number of aryl methyl sites for hydroxylation is 1. The molecule has 2 aliphatic carbocycles. The van der Waals surface area contributed by atoms with Crippen molar-refractivity contribution in [3.8, 4) is 0 Å². The number of halogens is 3. The fraction of sp³-hybridized carbons (Fsp3) is 0.333. The van der Waals surface area contributed by atoms with E-state index in [0.717, 1.165) is 39.6 Å². The van der Waals surface area contributed by atoms with Crippen molar-refractivity contribution < 1.29 is 27.9 Å². The van der Waals surface area contributed by atoms with Gasteiger partial charge in [0.05, 0.1) is 32.5 Å². The summed E-state index contributed by atoms with van der Waals surface area (Å²) in [4.78, 5) is 25.6. The minimum Gasteiger partial charge on any atom is -0.478 e. The van der Waals surface area contributed by atoms with E-state index in [-0.39, 0.29) is 23.3 Å². The van der Waals surface area contributed by atoms with Gasteiger partial charge in [0.1, 0.15) is 0 Å². The average molecular weight is 515 g/mol. The molecule has 0 radical (unpaired) electrons. The van der Waals surface area contributed by atoms with Gasteiger partial charge in [-0.3, -0.25) is 4.79 Å². The summed E-state index contributed by atoms with van der Waals surface area (Å²) < 4.78 is 42.2. The molecule has 2 heterocycles. The Bertz CT molecular complexity index is 1410. The number of aromatic carboxylic acids is 1. The number of nitrogens with one attached hydrogen (secondary N) is 1. The monoisotopic (exact) mass is 514 g/mol. The number of allylic oxidation sites excluding steroid dienone is 4. The number of rotatable bonds is 6. The molecule has 188 valence electrons. The lowest BCUT2D eigenvalue weighted by Gasteiger charge is -2.25. The van der Waals surface area contributed by atoms with Gasteiger partial charge in [0.25, 0.3) is 5.91 Å². The van der Waals surface area contributed by atoms with E-state index in [2.05, 4.69) is 5.32 Å². The van der Waals surface area contributed by atoms with Crippen molar-refractivity contribution >= 4 is 33.4 Å². The number of thiophene rings is 1. The number of hydrogen-bond donors (Lipinski definition) is 2. The molecule has 2 aromatic heterocycles. The number of hydrogen-bond acceptors (Lipinski definition) is 3. The number of benzene rings is 1. The molecule has 1 amide bonds. The van der Waals surface area contributed by atoms with Crippen LogP contribution in [0, 0.1) is 18.8 Å². The summed E-state index contributed by atoms with van der Waals surface area (Å²) in [5.74, 6) is -1.64. The molecule has 1 saturated carbocycles. The van der Waals surface area contributed by atoms with E-state index in [4.69, 9.17) is 5.11 Å². The van der Waals surface area contributed by atoms with Crippen molar-refractivity contribution in [1.82, 2.24) is 9.88 Å². The Morgan fingerprint density at radius 1 is 1.19 bits per heavy atom. The van der Waals surface area contributed by atoms with E-state index in [1.54, 1.807) is 37.3 Å². The number of aromatic nitrogens is 1. The Morgan fingerprint density at radius 3 is 2.47 bits per heavy atom. The van der Waals surface area contributed by atoms with Crippen molar-refractivity contribution in [2.75, 3.05) is 0 Å². The van der Waals surface area contributed by atoms with Gasteiger partial charge in [0.15, 0.2) is 0 Å². The summed E-state index contributed by atoms with van der Waals surface area (Å²) in [7, 11) is 0. The first-order valence-corrected chi connectivity index (χ1v) is 12.5. The van der Waals surface area contributed by atoms with Crippen LogP contribution in [0.3, 0.4) is 0 Å². The summed E-state index contributed by atoms with van der Waals surface area (Å²) in [6, 6.07) is 8.51. The molecule has 0 spiro atoms. The van der Waals surface area contributed by atoms with Gasteiger partial charge >= 0.3 is 12.1 Å². The van der Waals surface area contributed by atoms with Crippen molar-refractivity contribution in [3.63, 3.8) is 0 Å². The van der Waals surface area contributed by atoms with Gasteiger partial charge < -0.3 is 15.0 Å². The van der Waals surface area contributed by atoms with Crippen molar-refractivity contribution in [1.29, 1.82) is 0 Å². The zero-order valence-corrected chi connectivity index (χ0v) is 20.5. The van der Waals surface area contributed by atoms with Gasteiger partial charge in [-0.1, -0.05) is 37.3 Å². The van der Waals surface area contributed by atoms with Gasteiger partial charge in [-0.15, -0.1) is 11.3 Å². The largest absolute Gasteiger partial charge is 0.478 e. The molecule has 9 heteroatoms. The number of alkyl halides is 3. The summed E-state index contributed by atoms with van der Waals surface area (Å²) in [6.45, 7) is 4.13. The fourth-order valence-electron chi connectivity index (χ4n) is 4.93. The molecule has 5 nitrogen and oxygen atoms in total. The smallest absolute Gasteiger partial charge is 0.416 e. The van der Waals surface area contributed by atoms with Crippen LogP contribution in [0.5, 0.6) is 0 Å². The normalized spacial score (nSPS) is 20.9. The predicted octanol–water partition coefficient (Wildman–Crippen LogP) is 6.44. The molecule has 36 heavy (non-hydrogen) atoms. The summed E-state index contributed by atoms with van der Waals surface area (Å²) in [5.41, 5.74) is 1.28. The first-order chi connectivity index (χ1) is 17.0. The second kappa shape index (κ2) is 8.65. The van der Waals surface area contributed by atoms with E-state index in [9.17, 15) is 22.8 Å². The van der Waals surface area contributed by atoms with Crippen molar-refractivity contribution in [3.05, 3.63) is 81.9 Å². The Kier molecular flexibility index (Phi) is 5.86. The fourth-order valence-corrected chi connectivity index (χ4v) is 6.00. The van der Waals surface area contributed by atoms with E-state index in [0.29, 0.717) is 12.1 Å². The summed E-state index contributed by atoms with van der Waals surface area (Å²) in [5, 5.41) is 12.3. The molecule has 0 aliphatic heterocycles. The van der Waals surface area contributed by atoms with Crippen LogP contribution in [0.15, 0.2) is 60.3 Å². The second-order valence-electron chi connectivity index (χ2n) is 9.63. The van der Waals surface area contributed by atoms with E-state index < -0.39 is 23.3 Å². The lowest BCUT2D eigenvalue weighted by molar-refractivity contribution is -0.0891. The summed E-state index contributed by atoms with van der Waals surface area (Å²) >= 11 is 1.52. The maximum Gasteiger partial charge on any atom is 0.416 e. The third kappa shape index (κ3) is 4.36. The number of carbonyl (C=O) groups is 2. The lowest BCUT2D eigenvalue weighted by Crippen LogP contribution is -2.35. The first kappa shape index (κ1) is 24.4. The van der Waals surface area contributed by atoms with Gasteiger partial charge in [0.2, 0.25) is 0 Å². The molecule has 1 aromatic carbocycles. The Balaban J connectivity index is 1.39. The molecular formula is C27H25F3N2O3S. The zero-order valence-electron chi connectivity index (χ0n) is 19.7. The molecule has 2 unspecified atom stereocenters. The number of carboxylic acid groups (broad SMARTS) is 1. The van der Waals surface area contributed by atoms with Crippen LogP contribution < -0.4 is 5.32 Å². The third-order valence-electron chi connectivity index (χ3n) is 7.17. The molecule has 2 N–H and O–H groups in total. The van der Waals surface area contributed by atoms with Crippen molar-refractivity contribution in [2.45, 2.75) is 44.9 Å². The molecular weight excluding hydrogens is 489 g/mol. The number of amides is 1. The molecule has 3 aromatic rings.